The maximum atomic E-state index is 5.93. The van der Waals surface area contributed by atoms with Gasteiger partial charge in [-0.25, -0.2) is 0 Å². The molecule has 0 aliphatic heterocycles. The number of ether oxygens (including phenoxy) is 1. The molecule has 19 heavy (non-hydrogen) atoms. The van der Waals surface area contributed by atoms with Gasteiger partial charge >= 0.3 is 0 Å². The van der Waals surface area contributed by atoms with Crippen LogP contribution in [0.3, 0.4) is 0 Å². The molecule has 3 heteroatoms. The second-order valence-corrected chi connectivity index (χ2v) is 6.29. The van der Waals surface area contributed by atoms with Crippen LogP contribution in [0, 0.1) is 11.3 Å². The van der Waals surface area contributed by atoms with Crippen molar-refractivity contribution in [2.45, 2.75) is 46.6 Å². The average Bonchev–Trinajstić information content (AvgIpc) is 3.11. The minimum absolute atomic E-state index is 0.142. The van der Waals surface area contributed by atoms with Crippen molar-refractivity contribution < 1.29 is 4.74 Å². The number of nitrogen functional groups attached to an aromatic ring is 1. The predicted molar refractivity (Wildman–Crippen MR) is 81.6 cm³/mol. The molecule has 0 radical (unpaired) electrons. The molecule has 0 aromatic heterocycles. The lowest BCUT2D eigenvalue weighted by molar-refractivity contribution is 0.244. The summed E-state index contributed by atoms with van der Waals surface area (Å²) in [5.41, 5.74) is 8.22. The van der Waals surface area contributed by atoms with Crippen LogP contribution in [0.5, 0.6) is 5.75 Å². The van der Waals surface area contributed by atoms with Crippen LogP contribution in [-0.4, -0.2) is 12.6 Å². The third-order valence-electron chi connectivity index (χ3n) is 4.14. The Labute approximate surface area is 116 Å². The van der Waals surface area contributed by atoms with Gasteiger partial charge in [0.1, 0.15) is 5.75 Å². The maximum absolute atomic E-state index is 5.93. The van der Waals surface area contributed by atoms with Crippen molar-refractivity contribution in [3.8, 4) is 5.75 Å². The molecular formula is C16H26N2O. The molecule has 106 valence electrons. The number of nitrogens with one attached hydrogen (secondary N) is 1. The summed E-state index contributed by atoms with van der Waals surface area (Å²) >= 11 is 0. The number of benzene rings is 1. The third-order valence-corrected chi connectivity index (χ3v) is 4.14. The minimum atomic E-state index is 0.142. The van der Waals surface area contributed by atoms with Gasteiger partial charge in [0.25, 0.3) is 0 Å². The predicted octanol–water partition coefficient (Wildman–Crippen LogP) is 3.90. The molecule has 3 nitrogen and oxygen atoms in total. The second kappa shape index (κ2) is 5.32. The molecule has 0 amide bonds. The zero-order chi connectivity index (χ0) is 14.0. The van der Waals surface area contributed by atoms with Gasteiger partial charge in [0, 0.05) is 18.3 Å². The van der Waals surface area contributed by atoms with E-state index in [0.29, 0.717) is 11.1 Å². The number of anilines is 2. The first-order valence-corrected chi connectivity index (χ1v) is 7.23. The summed E-state index contributed by atoms with van der Waals surface area (Å²) in [6, 6.07) is 5.94. The first-order valence-electron chi connectivity index (χ1n) is 7.23. The SMILES string of the molecule is CC(C)Oc1cc(NCC2(C(C)C)CC2)ccc1N. The molecule has 1 aromatic rings. The molecule has 1 aliphatic carbocycles. The van der Waals surface area contributed by atoms with Crippen molar-refractivity contribution >= 4 is 11.4 Å². The van der Waals surface area contributed by atoms with Crippen LogP contribution in [-0.2, 0) is 0 Å². The zero-order valence-electron chi connectivity index (χ0n) is 12.5. The first-order chi connectivity index (χ1) is 8.93. The molecule has 0 spiro atoms. The summed E-state index contributed by atoms with van der Waals surface area (Å²) in [5.74, 6) is 1.51. The Kier molecular flexibility index (Phi) is 3.93. The number of nitrogens with two attached hydrogens (primary N) is 1. The summed E-state index contributed by atoms with van der Waals surface area (Å²) in [6.07, 6.45) is 2.81. The zero-order valence-corrected chi connectivity index (χ0v) is 12.5. The summed E-state index contributed by atoms with van der Waals surface area (Å²) < 4.78 is 5.72. The summed E-state index contributed by atoms with van der Waals surface area (Å²) in [7, 11) is 0. The van der Waals surface area contributed by atoms with Crippen LogP contribution in [0.4, 0.5) is 11.4 Å². The Morgan fingerprint density at radius 2 is 1.95 bits per heavy atom. The number of rotatable bonds is 6. The van der Waals surface area contributed by atoms with Gasteiger partial charge in [-0.1, -0.05) is 13.8 Å². The van der Waals surface area contributed by atoms with Crippen molar-refractivity contribution in [1.29, 1.82) is 0 Å². The monoisotopic (exact) mass is 262 g/mol. The molecule has 2 rings (SSSR count). The molecule has 1 fully saturated rings. The summed E-state index contributed by atoms with van der Waals surface area (Å²) in [5, 5.41) is 3.53. The molecule has 0 atom stereocenters. The van der Waals surface area contributed by atoms with E-state index in [1.807, 2.05) is 32.0 Å². The van der Waals surface area contributed by atoms with Crippen molar-refractivity contribution in [1.82, 2.24) is 0 Å². The molecule has 0 heterocycles. The van der Waals surface area contributed by atoms with Crippen LogP contribution < -0.4 is 15.8 Å². The molecular weight excluding hydrogens is 236 g/mol. The first kappa shape index (κ1) is 14.0. The van der Waals surface area contributed by atoms with E-state index in [9.17, 15) is 0 Å². The highest BCUT2D eigenvalue weighted by molar-refractivity contribution is 5.61. The lowest BCUT2D eigenvalue weighted by atomic mass is 9.92. The van der Waals surface area contributed by atoms with Crippen molar-refractivity contribution in [3.63, 3.8) is 0 Å². The van der Waals surface area contributed by atoms with E-state index < -0.39 is 0 Å². The van der Waals surface area contributed by atoms with Gasteiger partial charge in [-0.3, -0.25) is 0 Å². The fourth-order valence-electron chi connectivity index (χ4n) is 2.40. The Morgan fingerprint density at radius 3 is 2.47 bits per heavy atom. The average molecular weight is 262 g/mol. The molecule has 3 N–H and O–H groups in total. The molecule has 0 bridgehead atoms. The fraction of sp³-hybridized carbons (Fsp3) is 0.625. The Hall–Kier alpha value is -1.38. The highest BCUT2D eigenvalue weighted by atomic mass is 16.5. The topological polar surface area (TPSA) is 47.3 Å². The second-order valence-electron chi connectivity index (χ2n) is 6.29. The molecule has 0 saturated heterocycles. The van der Waals surface area contributed by atoms with Crippen molar-refractivity contribution in [3.05, 3.63) is 18.2 Å². The Morgan fingerprint density at radius 1 is 1.26 bits per heavy atom. The van der Waals surface area contributed by atoms with Crippen LogP contribution in [0.15, 0.2) is 18.2 Å². The maximum Gasteiger partial charge on any atom is 0.144 e. The lowest BCUT2D eigenvalue weighted by Gasteiger charge is -2.21. The normalized spacial score (nSPS) is 16.7. The van der Waals surface area contributed by atoms with Crippen molar-refractivity contribution in [2.75, 3.05) is 17.6 Å². The number of hydrogen-bond acceptors (Lipinski definition) is 3. The van der Waals surface area contributed by atoms with Crippen LogP contribution in [0.1, 0.15) is 40.5 Å². The van der Waals surface area contributed by atoms with Gasteiger partial charge in [0.05, 0.1) is 11.8 Å². The minimum Gasteiger partial charge on any atom is -0.489 e. The molecule has 1 aliphatic rings. The lowest BCUT2D eigenvalue weighted by Crippen LogP contribution is -2.20. The van der Waals surface area contributed by atoms with Gasteiger partial charge in [0.15, 0.2) is 0 Å². The van der Waals surface area contributed by atoms with E-state index in [1.165, 1.54) is 12.8 Å². The van der Waals surface area contributed by atoms with Gasteiger partial charge in [-0.15, -0.1) is 0 Å². The van der Waals surface area contributed by atoms with Gasteiger partial charge < -0.3 is 15.8 Å². The quantitative estimate of drug-likeness (QED) is 0.764. The smallest absolute Gasteiger partial charge is 0.144 e. The Balaban J connectivity index is 2.01. The van der Waals surface area contributed by atoms with Gasteiger partial charge in [0.2, 0.25) is 0 Å². The molecule has 0 unspecified atom stereocenters. The molecule has 1 saturated carbocycles. The van der Waals surface area contributed by atoms with E-state index >= 15 is 0 Å². The van der Waals surface area contributed by atoms with Gasteiger partial charge in [-0.2, -0.15) is 0 Å². The van der Waals surface area contributed by atoms with E-state index in [4.69, 9.17) is 10.5 Å². The Bertz CT molecular complexity index is 436. The fourth-order valence-corrected chi connectivity index (χ4v) is 2.40. The van der Waals surface area contributed by atoms with Crippen LogP contribution >= 0.6 is 0 Å². The van der Waals surface area contributed by atoms with Crippen molar-refractivity contribution in [2.24, 2.45) is 11.3 Å². The highest BCUT2D eigenvalue weighted by Gasteiger charge is 2.44. The van der Waals surface area contributed by atoms with E-state index in [0.717, 1.165) is 23.9 Å². The van der Waals surface area contributed by atoms with Gasteiger partial charge in [-0.05, 0) is 50.2 Å². The summed E-state index contributed by atoms with van der Waals surface area (Å²) in [6.45, 7) is 9.68. The van der Waals surface area contributed by atoms with E-state index in [-0.39, 0.29) is 6.10 Å². The summed E-state index contributed by atoms with van der Waals surface area (Å²) in [4.78, 5) is 0. The van der Waals surface area contributed by atoms with E-state index in [1.54, 1.807) is 0 Å². The third kappa shape index (κ3) is 3.34. The van der Waals surface area contributed by atoms with Crippen LogP contribution in [0.25, 0.3) is 0 Å². The standard InChI is InChI=1S/C16H26N2O/c1-11(2)16(7-8-16)10-18-13-5-6-14(17)15(9-13)19-12(3)4/h5-6,9,11-12,18H,7-8,10,17H2,1-4H3. The van der Waals surface area contributed by atoms with Crippen LogP contribution in [0.2, 0.25) is 0 Å². The molecule has 1 aromatic carbocycles. The largest absolute Gasteiger partial charge is 0.489 e. The number of hydrogen-bond donors (Lipinski definition) is 2. The highest BCUT2D eigenvalue weighted by Crippen LogP contribution is 2.51. The van der Waals surface area contributed by atoms with E-state index in [2.05, 4.69) is 19.2 Å².